The normalized spacial score (nSPS) is 11.2. The Morgan fingerprint density at radius 2 is 2.26 bits per heavy atom. The van der Waals surface area contributed by atoms with Gasteiger partial charge in [-0.1, -0.05) is 13.8 Å². The molecule has 1 amide bonds. The summed E-state index contributed by atoms with van der Waals surface area (Å²) < 4.78 is 1.57. The Balaban J connectivity index is 2.00. The lowest BCUT2D eigenvalue weighted by molar-refractivity contribution is 0.0942. The first-order chi connectivity index (χ1) is 9.08. The monoisotopic (exact) mass is 261 g/mol. The second-order valence-corrected chi connectivity index (χ2v) is 5.03. The van der Waals surface area contributed by atoms with Gasteiger partial charge < -0.3 is 5.32 Å². The molecule has 0 spiro atoms. The van der Waals surface area contributed by atoms with Crippen LogP contribution >= 0.6 is 0 Å². The van der Waals surface area contributed by atoms with Gasteiger partial charge in [0.25, 0.3) is 11.7 Å². The molecule has 0 bridgehead atoms. The Morgan fingerprint density at radius 3 is 2.95 bits per heavy atom. The van der Waals surface area contributed by atoms with Crippen LogP contribution in [-0.4, -0.2) is 32.0 Å². The number of aromatic nitrogens is 4. The Labute approximate surface area is 112 Å². The molecule has 6 heteroatoms. The van der Waals surface area contributed by atoms with Gasteiger partial charge in [0, 0.05) is 18.4 Å². The van der Waals surface area contributed by atoms with Gasteiger partial charge in [-0.05, 0) is 31.7 Å². The zero-order chi connectivity index (χ0) is 13.8. The van der Waals surface area contributed by atoms with E-state index >= 15 is 0 Å². The van der Waals surface area contributed by atoms with E-state index in [9.17, 15) is 4.79 Å². The number of fused-ring (bicyclic) bond motifs is 1. The molecule has 0 fully saturated rings. The fourth-order valence-electron chi connectivity index (χ4n) is 1.79. The van der Waals surface area contributed by atoms with Gasteiger partial charge in [-0.25, -0.2) is 9.50 Å². The fourth-order valence-corrected chi connectivity index (χ4v) is 1.79. The summed E-state index contributed by atoms with van der Waals surface area (Å²) in [7, 11) is 0. The van der Waals surface area contributed by atoms with Gasteiger partial charge in [-0.2, -0.15) is 4.98 Å². The highest BCUT2D eigenvalue weighted by atomic mass is 16.2. The molecule has 0 unspecified atom stereocenters. The Bertz CT molecular complexity index is 575. The van der Waals surface area contributed by atoms with E-state index < -0.39 is 0 Å². The van der Waals surface area contributed by atoms with Crippen molar-refractivity contribution in [2.45, 2.75) is 33.6 Å². The molecule has 2 aromatic rings. The molecule has 6 nitrogen and oxygen atoms in total. The maximum atomic E-state index is 11.9. The topological polar surface area (TPSA) is 72.2 Å². The molecule has 0 saturated carbocycles. The maximum Gasteiger partial charge on any atom is 0.291 e. The molecule has 2 aromatic heterocycles. The van der Waals surface area contributed by atoms with E-state index in [1.54, 1.807) is 10.7 Å². The third-order valence-corrected chi connectivity index (χ3v) is 2.88. The highest BCUT2D eigenvalue weighted by Crippen LogP contribution is 2.03. The van der Waals surface area contributed by atoms with Crippen LogP contribution in [0.1, 0.15) is 43.0 Å². The number of carbonyl (C=O) groups excluding carboxylic acids is 1. The van der Waals surface area contributed by atoms with E-state index in [4.69, 9.17) is 0 Å². The number of hydrogen-bond donors (Lipinski definition) is 1. The van der Waals surface area contributed by atoms with Crippen molar-refractivity contribution in [1.82, 2.24) is 24.9 Å². The van der Waals surface area contributed by atoms with Crippen LogP contribution in [-0.2, 0) is 0 Å². The van der Waals surface area contributed by atoms with E-state index in [-0.39, 0.29) is 11.7 Å². The van der Waals surface area contributed by atoms with Crippen LogP contribution in [0.3, 0.4) is 0 Å². The Kier molecular flexibility index (Phi) is 4.09. The van der Waals surface area contributed by atoms with Crippen molar-refractivity contribution < 1.29 is 4.79 Å². The molecule has 1 N–H and O–H groups in total. The third kappa shape index (κ3) is 3.27. The van der Waals surface area contributed by atoms with Crippen LogP contribution in [0.5, 0.6) is 0 Å². The van der Waals surface area contributed by atoms with Crippen LogP contribution in [0.4, 0.5) is 0 Å². The zero-order valence-electron chi connectivity index (χ0n) is 11.6. The van der Waals surface area contributed by atoms with Crippen molar-refractivity contribution in [3.8, 4) is 0 Å². The van der Waals surface area contributed by atoms with Crippen LogP contribution in [0, 0.1) is 12.8 Å². The van der Waals surface area contributed by atoms with Crippen LogP contribution < -0.4 is 5.32 Å². The van der Waals surface area contributed by atoms with Gasteiger partial charge >= 0.3 is 0 Å². The molecule has 102 valence electrons. The molecule has 0 atom stereocenters. The largest absolute Gasteiger partial charge is 0.349 e. The van der Waals surface area contributed by atoms with Crippen molar-refractivity contribution in [3.05, 3.63) is 23.8 Å². The van der Waals surface area contributed by atoms with Crippen molar-refractivity contribution in [2.24, 2.45) is 5.92 Å². The lowest BCUT2D eigenvalue weighted by Gasteiger charge is -2.04. The first kappa shape index (κ1) is 13.5. The Hall–Kier alpha value is -1.98. The average molecular weight is 261 g/mol. The first-order valence-electron chi connectivity index (χ1n) is 6.54. The molecule has 0 saturated heterocycles. The van der Waals surface area contributed by atoms with E-state index in [0.29, 0.717) is 18.2 Å². The SMILES string of the molecule is Cc1ccnc2nc(C(=O)NCCCC(C)C)nn12. The summed E-state index contributed by atoms with van der Waals surface area (Å²) in [6, 6.07) is 1.83. The molecule has 19 heavy (non-hydrogen) atoms. The Morgan fingerprint density at radius 1 is 1.47 bits per heavy atom. The highest BCUT2D eigenvalue weighted by Gasteiger charge is 2.13. The van der Waals surface area contributed by atoms with E-state index in [0.717, 1.165) is 18.5 Å². The van der Waals surface area contributed by atoms with Crippen LogP contribution in [0.15, 0.2) is 12.3 Å². The summed E-state index contributed by atoms with van der Waals surface area (Å²) >= 11 is 0. The number of nitrogens with zero attached hydrogens (tertiary/aromatic N) is 4. The minimum Gasteiger partial charge on any atom is -0.349 e. The van der Waals surface area contributed by atoms with Gasteiger partial charge in [-0.3, -0.25) is 4.79 Å². The lowest BCUT2D eigenvalue weighted by atomic mass is 10.1. The average Bonchev–Trinajstić information content (AvgIpc) is 2.79. The number of nitrogens with one attached hydrogen (secondary N) is 1. The molecule has 2 rings (SSSR count). The van der Waals surface area contributed by atoms with Crippen LogP contribution in [0.25, 0.3) is 5.78 Å². The lowest BCUT2D eigenvalue weighted by Crippen LogP contribution is -2.25. The van der Waals surface area contributed by atoms with Gasteiger partial charge in [0.2, 0.25) is 5.82 Å². The number of amides is 1. The number of hydrogen-bond acceptors (Lipinski definition) is 4. The molecule has 2 heterocycles. The van der Waals surface area contributed by atoms with E-state index in [1.807, 2.05) is 13.0 Å². The number of carbonyl (C=O) groups is 1. The van der Waals surface area contributed by atoms with Gasteiger partial charge in [-0.15, -0.1) is 5.10 Å². The summed E-state index contributed by atoms with van der Waals surface area (Å²) in [5.74, 6) is 1.03. The van der Waals surface area contributed by atoms with Crippen molar-refractivity contribution in [1.29, 1.82) is 0 Å². The molecule has 0 aliphatic carbocycles. The fraction of sp³-hybridized carbons (Fsp3) is 0.538. The smallest absolute Gasteiger partial charge is 0.291 e. The predicted octanol–water partition coefficient (Wildman–Crippen LogP) is 1.60. The minimum absolute atomic E-state index is 0.173. The van der Waals surface area contributed by atoms with Gasteiger partial charge in [0.15, 0.2) is 0 Å². The highest BCUT2D eigenvalue weighted by molar-refractivity contribution is 5.90. The molecule has 0 radical (unpaired) electrons. The van der Waals surface area contributed by atoms with Gasteiger partial charge in [0.05, 0.1) is 0 Å². The minimum atomic E-state index is -0.242. The van der Waals surface area contributed by atoms with Crippen molar-refractivity contribution in [3.63, 3.8) is 0 Å². The predicted molar refractivity (Wildman–Crippen MR) is 71.9 cm³/mol. The van der Waals surface area contributed by atoms with Gasteiger partial charge in [0.1, 0.15) is 0 Å². The standard InChI is InChI=1S/C13H19N5O/c1-9(2)5-4-7-14-12(19)11-16-13-15-8-6-10(3)18(13)17-11/h6,8-9H,4-5,7H2,1-3H3,(H,14,19). The van der Waals surface area contributed by atoms with E-state index in [1.165, 1.54) is 0 Å². The van der Waals surface area contributed by atoms with Crippen LogP contribution in [0.2, 0.25) is 0 Å². The summed E-state index contributed by atoms with van der Waals surface area (Å²) in [5.41, 5.74) is 0.899. The molecular formula is C13H19N5O. The second-order valence-electron chi connectivity index (χ2n) is 5.03. The van der Waals surface area contributed by atoms with E-state index in [2.05, 4.69) is 34.2 Å². The summed E-state index contributed by atoms with van der Waals surface area (Å²) in [6.07, 6.45) is 3.72. The second kappa shape index (κ2) is 5.77. The summed E-state index contributed by atoms with van der Waals surface area (Å²) in [4.78, 5) is 20.1. The number of rotatable bonds is 5. The first-order valence-corrected chi connectivity index (χ1v) is 6.54. The molecular weight excluding hydrogens is 242 g/mol. The summed E-state index contributed by atoms with van der Waals surface area (Å²) in [5, 5.41) is 6.99. The number of aryl methyl sites for hydroxylation is 1. The zero-order valence-corrected chi connectivity index (χ0v) is 11.6. The molecule has 0 aromatic carbocycles. The quantitative estimate of drug-likeness (QED) is 0.830. The molecule has 0 aliphatic heterocycles. The van der Waals surface area contributed by atoms with Crippen molar-refractivity contribution in [2.75, 3.05) is 6.54 Å². The summed E-state index contributed by atoms with van der Waals surface area (Å²) in [6.45, 7) is 6.88. The maximum absolute atomic E-state index is 11.9. The third-order valence-electron chi connectivity index (χ3n) is 2.88. The molecule has 0 aliphatic rings. The van der Waals surface area contributed by atoms with Crippen molar-refractivity contribution >= 4 is 11.7 Å².